The van der Waals surface area contributed by atoms with Crippen molar-refractivity contribution in [2.75, 3.05) is 19.6 Å². The van der Waals surface area contributed by atoms with Crippen molar-refractivity contribution in [1.29, 1.82) is 0 Å². The molecule has 4 aromatic rings. The van der Waals surface area contributed by atoms with Crippen molar-refractivity contribution >= 4 is 38.2 Å². The van der Waals surface area contributed by atoms with Crippen LogP contribution in [0.4, 0.5) is 4.39 Å². The molecule has 0 aliphatic carbocycles. The monoisotopic (exact) mass is 537 g/mol. The molecule has 2 aromatic heterocycles. The van der Waals surface area contributed by atoms with Crippen molar-refractivity contribution in [3.63, 3.8) is 0 Å². The van der Waals surface area contributed by atoms with Crippen molar-refractivity contribution in [2.24, 2.45) is 0 Å². The first kappa shape index (κ1) is 25.5. The molecule has 0 saturated carbocycles. The van der Waals surface area contributed by atoms with Crippen LogP contribution in [0.5, 0.6) is 0 Å². The summed E-state index contributed by atoms with van der Waals surface area (Å²) >= 11 is 1.64. The molecule has 0 N–H and O–H groups in total. The number of nitrogens with zero attached hydrogens (tertiary/aromatic N) is 3. The zero-order valence-corrected chi connectivity index (χ0v) is 22.1. The van der Waals surface area contributed by atoms with E-state index in [4.69, 9.17) is 0 Å². The van der Waals surface area contributed by atoms with E-state index in [0.717, 1.165) is 22.9 Å². The zero-order valence-electron chi connectivity index (χ0n) is 20.5. The highest BCUT2D eigenvalue weighted by molar-refractivity contribution is 7.89. The third-order valence-electron chi connectivity index (χ3n) is 6.76. The van der Waals surface area contributed by atoms with Gasteiger partial charge in [-0.3, -0.25) is 9.78 Å². The quantitative estimate of drug-likeness (QED) is 0.302. The minimum absolute atomic E-state index is 0.100. The average molecular weight is 538 g/mol. The van der Waals surface area contributed by atoms with E-state index in [9.17, 15) is 17.6 Å². The molecule has 5 rings (SSSR count). The number of aromatic nitrogens is 1. The minimum atomic E-state index is -4.00. The van der Waals surface area contributed by atoms with Crippen LogP contribution < -0.4 is 0 Å². The lowest BCUT2D eigenvalue weighted by Crippen LogP contribution is -2.47. The number of halogens is 1. The molecule has 1 amide bonds. The third kappa shape index (κ3) is 5.03. The number of benzene rings is 2. The van der Waals surface area contributed by atoms with Gasteiger partial charge in [-0.05, 0) is 59.7 Å². The number of thiophene rings is 1. The summed E-state index contributed by atoms with van der Waals surface area (Å²) in [6, 6.07) is 16.4. The number of rotatable bonds is 8. The van der Waals surface area contributed by atoms with E-state index in [2.05, 4.69) is 4.98 Å². The number of unbranched alkanes of at least 4 members (excludes halogenated alkanes) is 1. The first-order valence-electron chi connectivity index (χ1n) is 12.3. The van der Waals surface area contributed by atoms with E-state index in [0.29, 0.717) is 24.9 Å². The number of fused-ring (bicyclic) bond motifs is 2. The van der Waals surface area contributed by atoms with E-state index in [1.165, 1.54) is 21.3 Å². The second-order valence-electron chi connectivity index (χ2n) is 9.11. The summed E-state index contributed by atoms with van der Waals surface area (Å²) in [5.74, 6) is -0.623. The van der Waals surface area contributed by atoms with Gasteiger partial charge in [-0.1, -0.05) is 43.7 Å². The Morgan fingerprint density at radius 3 is 2.70 bits per heavy atom. The van der Waals surface area contributed by atoms with Gasteiger partial charge in [-0.25, -0.2) is 12.8 Å². The van der Waals surface area contributed by atoms with Crippen LogP contribution in [0.3, 0.4) is 0 Å². The summed E-state index contributed by atoms with van der Waals surface area (Å²) < 4.78 is 42.8. The molecule has 1 aliphatic heterocycles. The van der Waals surface area contributed by atoms with Crippen LogP contribution in [0.2, 0.25) is 0 Å². The Kier molecular flexibility index (Phi) is 7.37. The highest BCUT2D eigenvalue weighted by atomic mass is 32.2. The Balaban J connectivity index is 1.49. The van der Waals surface area contributed by atoms with Crippen LogP contribution in [0, 0.1) is 5.82 Å². The topological polar surface area (TPSA) is 70.6 Å². The van der Waals surface area contributed by atoms with Gasteiger partial charge in [-0.2, -0.15) is 4.31 Å². The summed E-state index contributed by atoms with van der Waals surface area (Å²) in [4.78, 5) is 21.2. The first-order chi connectivity index (χ1) is 17.9. The van der Waals surface area contributed by atoms with Crippen molar-refractivity contribution < 1.29 is 17.6 Å². The smallest absolute Gasteiger partial charge is 0.245 e. The van der Waals surface area contributed by atoms with E-state index in [1.807, 2.05) is 30.5 Å². The van der Waals surface area contributed by atoms with Gasteiger partial charge >= 0.3 is 0 Å². The largest absolute Gasteiger partial charge is 0.330 e. The Hall–Kier alpha value is -3.14. The second-order valence-corrected chi connectivity index (χ2v) is 12.0. The molecule has 0 spiro atoms. The fraction of sp³-hybridized carbons (Fsp3) is 0.286. The highest BCUT2D eigenvalue weighted by Crippen LogP contribution is 2.38. The number of sulfonamides is 1. The van der Waals surface area contributed by atoms with Crippen LogP contribution >= 0.6 is 11.3 Å². The molecule has 1 aliphatic rings. The lowest BCUT2D eigenvalue weighted by Gasteiger charge is -2.37. The van der Waals surface area contributed by atoms with Gasteiger partial charge in [0.2, 0.25) is 15.9 Å². The molecule has 0 bridgehead atoms. The molecule has 3 heterocycles. The summed E-state index contributed by atoms with van der Waals surface area (Å²) in [7, 11) is -4.00. The van der Waals surface area contributed by atoms with Gasteiger partial charge in [0.15, 0.2) is 0 Å². The van der Waals surface area contributed by atoms with E-state index < -0.39 is 16.1 Å². The summed E-state index contributed by atoms with van der Waals surface area (Å²) in [5.41, 5.74) is 2.21. The number of carbonyl (C=O) groups is 1. The van der Waals surface area contributed by atoms with Gasteiger partial charge in [0.1, 0.15) is 10.7 Å². The van der Waals surface area contributed by atoms with Gasteiger partial charge in [-0.15, -0.1) is 11.3 Å². The van der Waals surface area contributed by atoms with Gasteiger partial charge < -0.3 is 4.90 Å². The lowest BCUT2D eigenvalue weighted by atomic mass is 9.93. The summed E-state index contributed by atoms with van der Waals surface area (Å²) in [5, 5.41) is 2.73. The van der Waals surface area contributed by atoms with E-state index >= 15 is 0 Å². The number of amides is 1. The number of hydrogen-bond donors (Lipinski definition) is 0. The van der Waals surface area contributed by atoms with Crippen LogP contribution in [0.25, 0.3) is 10.9 Å². The Bertz CT molecular complexity index is 1510. The molecule has 0 saturated heterocycles. The molecule has 1 atom stereocenters. The molecule has 1 unspecified atom stereocenters. The maximum absolute atomic E-state index is 13.9. The molecule has 2 aromatic carbocycles. The molecule has 0 radical (unpaired) electrons. The minimum Gasteiger partial charge on any atom is -0.330 e. The maximum atomic E-state index is 13.9. The van der Waals surface area contributed by atoms with Crippen LogP contribution in [0.1, 0.15) is 41.8 Å². The van der Waals surface area contributed by atoms with Crippen LogP contribution in [-0.4, -0.2) is 48.1 Å². The fourth-order valence-electron chi connectivity index (χ4n) is 4.87. The van der Waals surface area contributed by atoms with E-state index in [-0.39, 0.29) is 29.7 Å². The molecular weight excluding hydrogens is 509 g/mol. The Morgan fingerprint density at radius 2 is 1.92 bits per heavy atom. The zero-order chi connectivity index (χ0) is 26.0. The van der Waals surface area contributed by atoms with Crippen molar-refractivity contribution in [1.82, 2.24) is 14.2 Å². The van der Waals surface area contributed by atoms with Gasteiger partial charge in [0.25, 0.3) is 0 Å². The predicted octanol–water partition coefficient (Wildman–Crippen LogP) is 5.40. The lowest BCUT2D eigenvalue weighted by molar-refractivity contribution is -0.133. The van der Waals surface area contributed by atoms with Crippen molar-refractivity contribution in [2.45, 2.75) is 37.1 Å². The van der Waals surface area contributed by atoms with E-state index in [1.54, 1.807) is 52.8 Å². The Morgan fingerprint density at radius 1 is 1.14 bits per heavy atom. The Labute approximate surface area is 220 Å². The number of pyridine rings is 1. The van der Waals surface area contributed by atoms with Crippen molar-refractivity contribution in [3.8, 4) is 0 Å². The number of carbonyl (C=O) groups excluding carboxylic acids is 1. The molecular formula is C28H28FN3O3S2. The normalized spacial score (nSPS) is 15.8. The summed E-state index contributed by atoms with van der Waals surface area (Å²) in [6.45, 7) is 2.40. The maximum Gasteiger partial charge on any atom is 0.245 e. The third-order valence-corrected chi connectivity index (χ3v) is 9.63. The number of para-hydroxylation sites is 1. The van der Waals surface area contributed by atoms with Gasteiger partial charge in [0.05, 0.1) is 18.1 Å². The van der Waals surface area contributed by atoms with Crippen LogP contribution in [0.15, 0.2) is 77.1 Å². The molecule has 0 fully saturated rings. The second kappa shape index (κ2) is 10.7. The highest BCUT2D eigenvalue weighted by Gasteiger charge is 2.36. The average Bonchev–Trinajstić information content (AvgIpc) is 3.39. The van der Waals surface area contributed by atoms with Gasteiger partial charge in [0, 0.05) is 29.5 Å². The standard InChI is InChI=1S/C28H28FN3O3S2/c1-2-3-16-31(37(34,35)25-8-4-6-20-7-5-15-30-27(20)25)19-26(33)32-17-13-24-23(14-18-36-24)28(32)21-9-11-22(29)12-10-21/h4-12,14-15,18,28H,2-3,13,16-17,19H2,1H3. The molecule has 37 heavy (non-hydrogen) atoms. The first-order valence-corrected chi connectivity index (χ1v) is 14.7. The molecule has 9 heteroatoms. The molecule has 6 nitrogen and oxygen atoms in total. The van der Waals surface area contributed by atoms with Crippen LogP contribution in [-0.2, 0) is 21.2 Å². The molecule has 192 valence electrons. The van der Waals surface area contributed by atoms with Crippen molar-refractivity contribution in [3.05, 3.63) is 94.1 Å². The fourth-order valence-corrected chi connectivity index (χ4v) is 7.37. The predicted molar refractivity (Wildman–Crippen MR) is 143 cm³/mol. The SMILES string of the molecule is CCCCN(CC(=O)N1CCc2sccc2C1c1ccc(F)cc1)S(=O)(=O)c1cccc2cccnc12. The summed E-state index contributed by atoms with van der Waals surface area (Å²) in [6.07, 6.45) is 3.68. The number of hydrogen-bond acceptors (Lipinski definition) is 5.